The van der Waals surface area contributed by atoms with Gasteiger partial charge in [0, 0.05) is 6.54 Å². The van der Waals surface area contributed by atoms with Gasteiger partial charge >= 0.3 is 0 Å². The van der Waals surface area contributed by atoms with Crippen LogP contribution in [0.15, 0.2) is 0 Å². The number of amides is 2. The molecule has 0 aromatic carbocycles. The molecule has 1 heterocycles. The number of hydrogen-bond acceptors (Lipinski definition) is 2. The van der Waals surface area contributed by atoms with E-state index >= 15 is 0 Å². The largest absolute Gasteiger partial charge is 0.340 e. The number of nitrogens with zero attached hydrogens (tertiary/aromatic N) is 1. The van der Waals surface area contributed by atoms with Crippen molar-refractivity contribution in [2.45, 2.75) is 72.4 Å². The van der Waals surface area contributed by atoms with Gasteiger partial charge in [-0.3, -0.25) is 9.59 Å². The molecule has 2 atom stereocenters. The summed E-state index contributed by atoms with van der Waals surface area (Å²) in [6, 6.07) is -0.319. The van der Waals surface area contributed by atoms with Crippen molar-refractivity contribution in [3.05, 3.63) is 0 Å². The SMILES string of the molecule is CCC1(CC)NC(=O)C(C(C)C)N(CC2CC2(C)C)C1=O. The van der Waals surface area contributed by atoms with Gasteiger partial charge in [-0.1, -0.05) is 41.5 Å². The molecular weight excluding hydrogens is 264 g/mol. The molecule has 2 fully saturated rings. The molecule has 1 aliphatic heterocycles. The second-order valence-corrected chi connectivity index (χ2v) is 7.81. The Morgan fingerprint density at radius 3 is 2.14 bits per heavy atom. The summed E-state index contributed by atoms with van der Waals surface area (Å²) in [5, 5.41) is 3.02. The Morgan fingerprint density at radius 2 is 1.76 bits per heavy atom. The molecule has 2 aliphatic rings. The molecule has 0 radical (unpaired) electrons. The highest BCUT2D eigenvalue weighted by Crippen LogP contribution is 2.52. The average Bonchev–Trinajstić information content (AvgIpc) is 3.00. The minimum atomic E-state index is -0.693. The van der Waals surface area contributed by atoms with Crippen LogP contribution in [-0.2, 0) is 9.59 Å². The summed E-state index contributed by atoms with van der Waals surface area (Å²) in [5.74, 6) is 0.808. The lowest BCUT2D eigenvalue weighted by Gasteiger charge is -2.47. The lowest BCUT2D eigenvalue weighted by Crippen LogP contribution is -2.71. The van der Waals surface area contributed by atoms with Crippen LogP contribution in [0.4, 0.5) is 0 Å². The third-order valence-electron chi connectivity index (χ3n) is 5.61. The average molecular weight is 294 g/mol. The van der Waals surface area contributed by atoms with Crippen molar-refractivity contribution in [1.82, 2.24) is 10.2 Å². The highest BCUT2D eigenvalue weighted by atomic mass is 16.2. The minimum Gasteiger partial charge on any atom is -0.340 e. The van der Waals surface area contributed by atoms with Gasteiger partial charge in [0.2, 0.25) is 11.8 Å². The first-order valence-electron chi connectivity index (χ1n) is 8.31. The van der Waals surface area contributed by atoms with Crippen LogP contribution in [0, 0.1) is 17.3 Å². The maximum Gasteiger partial charge on any atom is 0.249 e. The van der Waals surface area contributed by atoms with Gasteiger partial charge in [-0.05, 0) is 36.5 Å². The number of piperazine rings is 1. The topological polar surface area (TPSA) is 49.4 Å². The first-order chi connectivity index (χ1) is 9.68. The molecule has 2 unspecified atom stereocenters. The fourth-order valence-corrected chi connectivity index (χ4v) is 3.62. The van der Waals surface area contributed by atoms with Gasteiger partial charge in [0.05, 0.1) is 0 Å². The van der Waals surface area contributed by atoms with Gasteiger partial charge in [0.1, 0.15) is 11.6 Å². The van der Waals surface area contributed by atoms with E-state index in [9.17, 15) is 9.59 Å². The minimum absolute atomic E-state index is 0.0201. The monoisotopic (exact) mass is 294 g/mol. The zero-order chi connectivity index (χ0) is 16.0. The molecule has 1 saturated carbocycles. The Bertz CT molecular complexity index is 438. The normalized spacial score (nSPS) is 30.5. The Hall–Kier alpha value is -1.06. The highest BCUT2D eigenvalue weighted by Gasteiger charge is 2.53. The molecule has 4 heteroatoms. The second kappa shape index (κ2) is 5.29. The molecule has 1 aliphatic carbocycles. The number of carbonyl (C=O) groups excluding carboxylic acids is 2. The Labute approximate surface area is 128 Å². The smallest absolute Gasteiger partial charge is 0.249 e. The van der Waals surface area contributed by atoms with Gasteiger partial charge in [-0.15, -0.1) is 0 Å². The summed E-state index contributed by atoms with van der Waals surface area (Å²) in [5.41, 5.74) is -0.377. The third-order valence-corrected chi connectivity index (χ3v) is 5.61. The zero-order valence-corrected chi connectivity index (χ0v) is 14.3. The van der Waals surface area contributed by atoms with Crippen LogP contribution >= 0.6 is 0 Å². The van der Waals surface area contributed by atoms with Crippen LogP contribution in [0.3, 0.4) is 0 Å². The number of carbonyl (C=O) groups is 2. The van der Waals surface area contributed by atoms with E-state index in [4.69, 9.17) is 0 Å². The van der Waals surface area contributed by atoms with Crippen molar-refractivity contribution in [3.63, 3.8) is 0 Å². The van der Waals surface area contributed by atoms with Gasteiger partial charge in [-0.25, -0.2) is 0 Å². The van der Waals surface area contributed by atoms with Gasteiger partial charge < -0.3 is 10.2 Å². The van der Waals surface area contributed by atoms with Crippen molar-refractivity contribution in [3.8, 4) is 0 Å². The van der Waals surface area contributed by atoms with Crippen LogP contribution in [-0.4, -0.2) is 34.8 Å². The maximum absolute atomic E-state index is 13.1. The molecule has 1 N–H and O–H groups in total. The molecule has 0 bridgehead atoms. The van der Waals surface area contributed by atoms with E-state index in [1.165, 1.54) is 0 Å². The van der Waals surface area contributed by atoms with E-state index in [-0.39, 0.29) is 23.8 Å². The number of rotatable bonds is 5. The summed E-state index contributed by atoms with van der Waals surface area (Å²) in [6.07, 6.45) is 2.46. The molecule has 1 saturated heterocycles. The predicted molar refractivity (Wildman–Crippen MR) is 83.7 cm³/mol. The Balaban J connectivity index is 2.29. The maximum atomic E-state index is 13.1. The fourth-order valence-electron chi connectivity index (χ4n) is 3.62. The summed E-state index contributed by atoms with van der Waals surface area (Å²) in [6.45, 7) is 13.2. The first-order valence-corrected chi connectivity index (χ1v) is 8.31. The van der Waals surface area contributed by atoms with Crippen LogP contribution in [0.5, 0.6) is 0 Å². The summed E-state index contributed by atoms with van der Waals surface area (Å²) in [7, 11) is 0. The van der Waals surface area contributed by atoms with E-state index in [0.717, 1.165) is 13.0 Å². The summed E-state index contributed by atoms with van der Waals surface area (Å²) in [4.78, 5) is 27.5. The number of hydrogen-bond donors (Lipinski definition) is 1. The van der Waals surface area contributed by atoms with Crippen LogP contribution in [0.1, 0.15) is 60.8 Å². The van der Waals surface area contributed by atoms with Crippen LogP contribution in [0.2, 0.25) is 0 Å². The quantitative estimate of drug-likeness (QED) is 0.847. The molecule has 2 rings (SSSR count). The van der Waals surface area contributed by atoms with E-state index in [1.54, 1.807) is 0 Å². The molecule has 0 aromatic rings. The summed E-state index contributed by atoms with van der Waals surface area (Å²) >= 11 is 0. The first kappa shape index (κ1) is 16.3. The van der Waals surface area contributed by atoms with Crippen molar-refractivity contribution in [2.75, 3.05) is 6.54 Å². The van der Waals surface area contributed by atoms with Gasteiger partial charge in [-0.2, -0.15) is 0 Å². The van der Waals surface area contributed by atoms with Gasteiger partial charge in [0.25, 0.3) is 0 Å². The van der Waals surface area contributed by atoms with Crippen LogP contribution in [0.25, 0.3) is 0 Å². The predicted octanol–water partition coefficient (Wildman–Crippen LogP) is 2.57. The molecule has 0 spiro atoms. The van der Waals surface area contributed by atoms with E-state index < -0.39 is 5.54 Å². The van der Waals surface area contributed by atoms with E-state index in [2.05, 4.69) is 19.2 Å². The molecule has 4 nitrogen and oxygen atoms in total. The Morgan fingerprint density at radius 1 is 1.24 bits per heavy atom. The molecule has 0 aromatic heterocycles. The van der Waals surface area contributed by atoms with E-state index in [1.807, 2.05) is 32.6 Å². The number of nitrogens with one attached hydrogen (secondary N) is 1. The lowest BCUT2D eigenvalue weighted by atomic mass is 9.84. The molecule has 120 valence electrons. The third kappa shape index (κ3) is 2.69. The molecule has 21 heavy (non-hydrogen) atoms. The fraction of sp³-hybridized carbons (Fsp3) is 0.882. The molecule has 2 amide bonds. The standard InChI is InChI=1S/C17H30N2O2/c1-7-17(8-2)15(21)19(10-12-9-16(12,5)6)13(11(3)4)14(20)18-17/h11-13H,7-10H2,1-6H3,(H,18,20). The zero-order valence-electron chi connectivity index (χ0n) is 14.3. The van der Waals surface area contributed by atoms with Crippen molar-refractivity contribution < 1.29 is 9.59 Å². The summed E-state index contributed by atoms with van der Waals surface area (Å²) < 4.78 is 0. The Kier molecular flexibility index (Phi) is 4.11. The van der Waals surface area contributed by atoms with Crippen molar-refractivity contribution in [2.24, 2.45) is 17.3 Å². The van der Waals surface area contributed by atoms with Crippen LogP contribution < -0.4 is 5.32 Å². The lowest BCUT2D eigenvalue weighted by molar-refractivity contribution is -0.157. The van der Waals surface area contributed by atoms with Crippen molar-refractivity contribution >= 4 is 11.8 Å². The molecular formula is C17H30N2O2. The second-order valence-electron chi connectivity index (χ2n) is 7.81. The van der Waals surface area contributed by atoms with Gasteiger partial charge in [0.15, 0.2) is 0 Å². The highest BCUT2D eigenvalue weighted by molar-refractivity contribution is 6.00. The van der Waals surface area contributed by atoms with Crippen molar-refractivity contribution in [1.29, 1.82) is 0 Å². The van der Waals surface area contributed by atoms with E-state index in [0.29, 0.717) is 24.2 Å².